The molecule has 0 aliphatic carbocycles. The lowest BCUT2D eigenvalue weighted by Gasteiger charge is -2.24. The number of hydrogen-bond donors (Lipinski definition) is 0. The van der Waals surface area contributed by atoms with Crippen molar-refractivity contribution in [1.29, 1.82) is 0 Å². The molecule has 21 heavy (non-hydrogen) atoms. The SMILES string of the molecule is COC(=O)[C@H]1[C@H](C(C)C)OC(=O)N1Cc1ccc(Br)cc1. The van der Waals surface area contributed by atoms with Gasteiger partial charge in [0, 0.05) is 4.47 Å². The number of carbonyl (C=O) groups is 2. The van der Waals surface area contributed by atoms with Gasteiger partial charge in [-0.1, -0.05) is 41.9 Å². The van der Waals surface area contributed by atoms with Crippen LogP contribution in [-0.2, 0) is 20.8 Å². The Hall–Kier alpha value is -1.56. The van der Waals surface area contributed by atoms with Crippen LogP contribution in [0.15, 0.2) is 28.7 Å². The maximum absolute atomic E-state index is 12.1. The molecule has 114 valence electrons. The second kappa shape index (κ2) is 6.47. The van der Waals surface area contributed by atoms with Gasteiger partial charge in [0.15, 0.2) is 6.04 Å². The monoisotopic (exact) mass is 355 g/mol. The molecule has 5 nitrogen and oxygen atoms in total. The summed E-state index contributed by atoms with van der Waals surface area (Å²) in [6.45, 7) is 4.14. The Morgan fingerprint density at radius 2 is 2.00 bits per heavy atom. The average molecular weight is 356 g/mol. The minimum atomic E-state index is -0.703. The molecule has 2 atom stereocenters. The van der Waals surface area contributed by atoms with Crippen LogP contribution < -0.4 is 0 Å². The lowest BCUT2D eigenvalue weighted by atomic mass is 9.99. The number of esters is 1. The fourth-order valence-electron chi connectivity index (χ4n) is 2.37. The molecule has 0 aromatic heterocycles. The molecule has 1 aliphatic heterocycles. The van der Waals surface area contributed by atoms with Crippen LogP contribution in [0.5, 0.6) is 0 Å². The Morgan fingerprint density at radius 3 is 2.52 bits per heavy atom. The van der Waals surface area contributed by atoms with Gasteiger partial charge in [-0.2, -0.15) is 0 Å². The molecule has 1 aliphatic rings. The van der Waals surface area contributed by atoms with Gasteiger partial charge in [-0.25, -0.2) is 9.59 Å². The zero-order chi connectivity index (χ0) is 15.6. The molecule has 1 saturated heterocycles. The molecule has 0 unspecified atom stereocenters. The molecule has 1 fully saturated rings. The minimum Gasteiger partial charge on any atom is -0.467 e. The number of ether oxygens (including phenoxy) is 2. The van der Waals surface area contributed by atoms with Crippen molar-refractivity contribution in [3.8, 4) is 0 Å². The number of rotatable bonds is 4. The number of amides is 1. The minimum absolute atomic E-state index is 0.0352. The Balaban J connectivity index is 2.24. The third-order valence-electron chi connectivity index (χ3n) is 3.48. The number of benzene rings is 1. The van der Waals surface area contributed by atoms with E-state index in [4.69, 9.17) is 9.47 Å². The number of hydrogen-bond acceptors (Lipinski definition) is 4. The van der Waals surface area contributed by atoms with Crippen LogP contribution in [-0.4, -0.2) is 36.2 Å². The van der Waals surface area contributed by atoms with Crippen molar-refractivity contribution < 1.29 is 19.1 Å². The van der Waals surface area contributed by atoms with E-state index < -0.39 is 24.2 Å². The zero-order valence-corrected chi connectivity index (χ0v) is 13.8. The number of cyclic esters (lactones) is 1. The Kier molecular flexibility index (Phi) is 4.88. The Labute approximate surface area is 132 Å². The van der Waals surface area contributed by atoms with Gasteiger partial charge in [0.2, 0.25) is 0 Å². The smallest absolute Gasteiger partial charge is 0.411 e. The van der Waals surface area contributed by atoms with E-state index in [0.717, 1.165) is 10.0 Å². The van der Waals surface area contributed by atoms with Crippen molar-refractivity contribution >= 4 is 28.0 Å². The lowest BCUT2D eigenvalue weighted by Crippen LogP contribution is -2.44. The summed E-state index contributed by atoms with van der Waals surface area (Å²) in [5.41, 5.74) is 0.924. The van der Waals surface area contributed by atoms with Crippen LogP contribution in [0.1, 0.15) is 19.4 Å². The predicted octanol–water partition coefficient (Wildman–Crippen LogP) is 2.97. The van der Waals surface area contributed by atoms with Gasteiger partial charge in [-0.15, -0.1) is 0 Å². The predicted molar refractivity (Wildman–Crippen MR) is 80.6 cm³/mol. The first kappa shape index (κ1) is 15.8. The van der Waals surface area contributed by atoms with Crippen LogP contribution in [0.4, 0.5) is 4.79 Å². The molecule has 0 N–H and O–H groups in total. The van der Waals surface area contributed by atoms with Gasteiger partial charge < -0.3 is 9.47 Å². The maximum atomic E-state index is 12.1. The molecular formula is C15H18BrNO4. The van der Waals surface area contributed by atoms with Crippen molar-refractivity contribution in [2.45, 2.75) is 32.5 Å². The van der Waals surface area contributed by atoms with Crippen molar-refractivity contribution in [1.82, 2.24) is 4.90 Å². The fraction of sp³-hybridized carbons (Fsp3) is 0.467. The van der Waals surface area contributed by atoms with E-state index in [-0.39, 0.29) is 5.92 Å². The molecule has 1 aromatic rings. The average Bonchev–Trinajstić information content (AvgIpc) is 2.78. The third-order valence-corrected chi connectivity index (χ3v) is 4.01. The summed E-state index contributed by atoms with van der Waals surface area (Å²) in [5.74, 6) is -0.412. The van der Waals surface area contributed by atoms with Gasteiger partial charge in [0.05, 0.1) is 13.7 Å². The van der Waals surface area contributed by atoms with Crippen molar-refractivity contribution in [3.63, 3.8) is 0 Å². The van der Waals surface area contributed by atoms with Crippen LogP contribution in [0, 0.1) is 5.92 Å². The molecule has 0 bridgehead atoms. The third kappa shape index (κ3) is 3.37. The summed E-state index contributed by atoms with van der Waals surface area (Å²) in [5, 5.41) is 0. The fourth-order valence-corrected chi connectivity index (χ4v) is 2.64. The summed E-state index contributed by atoms with van der Waals surface area (Å²) in [7, 11) is 1.32. The lowest BCUT2D eigenvalue weighted by molar-refractivity contribution is -0.147. The number of methoxy groups -OCH3 is 1. The first-order chi connectivity index (χ1) is 9.93. The van der Waals surface area contributed by atoms with Crippen molar-refractivity contribution in [3.05, 3.63) is 34.3 Å². The summed E-state index contributed by atoms with van der Waals surface area (Å²) >= 11 is 3.37. The van der Waals surface area contributed by atoms with Crippen molar-refractivity contribution in [2.24, 2.45) is 5.92 Å². The largest absolute Gasteiger partial charge is 0.467 e. The molecular weight excluding hydrogens is 338 g/mol. The van der Waals surface area contributed by atoms with E-state index in [1.165, 1.54) is 12.0 Å². The molecule has 2 rings (SSSR count). The first-order valence-corrected chi connectivity index (χ1v) is 7.53. The molecule has 0 radical (unpaired) electrons. The topological polar surface area (TPSA) is 55.8 Å². The second-order valence-corrected chi connectivity index (χ2v) is 6.23. The van der Waals surface area contributed by atoms with Gasteiger partial charge in [0.1, 0.15) is 6.10 Å². The van der Waals surface area contributed by atoms with E-state index in [1.807, 2.05) is 38.1 Å². The molecule has 6 heteroatoms. The second-order valence-electron chi connectivity index (χ2n) is 5.31. The first-order valence-electron chi connectivity index (χ1n) is 6.73. The molecule has 0 spiro atoms. The summed E-state index contributed by atoms with van der Waals surface area (Å²) in [6, 6.07) is 6.88. The summed E-state index contributed by atoms with van der Waals surface area (Å²) in [6.07, 6.45) is -0.965. The summed E-state index contributed by atoms with van der Waals surface area (Å²) < 4.78 is 11.1. The quantitative estimate of drug-likeness (QED) is 0.779. The molecule has 1 heterocycles. The van der Waals surface area contributed by atoms with Crippen molar-refractivity contribution in [2.75, 3.05) is 7.11 Å². The van der Waals surface area contributed by atoms with Crippen LogP contribution in [0.25, 0.3) is 0 Å². The summed E-state index contributed by atoms with van der Waals surface area (Å²) in [4.78, 5) is 25.5. The highest BCUT2D eigenvalue weighted by molar-refractivity contribution is 9.10. The normalized spacial score (nSPS) is 21.6. The van der Waals surface area contributed by atoms with Gasteiger partial charge >= 0.3 is 12.1 Å². The highest BCUT2D eigenvalue weighted by Crippen LogP contribution is 2.28. The Bertz CT molecular complexity index is 529. The molecule has 1 aromatic carbocycles. The van der Waals surface area contributed by atoms with Gasteiger partial charge in [-0.05, 0) is 23.6 Å². The van der Waals surface area contributed by atoms with Crippen LogP contribution in [0.2, 0.25) is 0 Å². The Morgan fingerprint density at radius 1 is 1.38 bits per heavy atom. The highest BCUT2D eigenvalue weighted by Gasteiger charge is 2.48. The van der Waals surface area contributed by atoms with Gasteiger partial charge in [-0.3, -0.25) is 4.90 Å². The van der Waals surface area contributed by atoms with Crippen LogP contribution >= 0.6 is 15.9 Å². The number of nitrogens with zero attached hydrogens (tertiary/aromatic N) is 1. The number of carbonyl (C=O) groups excluding carboxylic acids is 2. The van der Waals surface area contributed by atoms with E-state index >= 15 is 0 Å². The zero-order valence-electron chi connectivity index (χ0n) is 12.2. The van der Waals surface area contributed by atoms with Gasteiger partial charge in [0.25, 0.3) is 0 Å². The maximum Gasteiger partial charge on any atom is 0.411 e. The molecule has 1 amide bonds. The number of halogens is 1. The standard InChI is InChI=1S/C15H18BrNO4/c1-9(2)13-12(14(18)20-3)17(15(19)21-13)8-10-4-6-11(16)7-5-10/h4-7,9,12-13H,8H2,1-3H3/t12-,13+/m1/s1. The van der Waals surface area contributed by atoms with E-state index in [2.05, 4.69) is 15.9 Å². The molecule has 0 saturated carbocycles. The van der Waals surface area contributed by atoms with E-state index in [1.54, 1.807) is 0 Å². The van der Waals surface area contributed by atoms with E-state index in [0.29, 0.717) is 6.54 Å². The van der Waals surface area contributed by atoms with Crippen LogP contribution in [0.3, 0.4) is 0 Å². The van der Waals surface area contributed by atoms with E-state index in [9.17, 15) is 9.59 Å². The highest BCUT2D eigenvalue weighted by atomic mass is 79.9.